The lowest BCUT2D eigenvalue weighted by Gasteiger charge is -2.38. The van der Waals surface area contributed by atoms with Crippen molar-refractivity contribution in [1.82, 2.24) is 14.8 Å². The third kappa shape index (κ3) is 9.00. The van der Waals surface area contributed by atoms with Crippen LogP contribution in [0, 0.1) is 0 Å². The number of aromatic nitrogens is 1. The minimum Gasteiger partial charge on any atom is -0.473 e. The molecule has 0 bridgehead atoms. The number of fused-ring (bicyclic) bond motifs is 1. The largest absolute Gasteiger partial charge is 0.473 e. The van der Waals surface area contributed by atoms with Gasteiger partial charge in [-0.2, -0.15) is 0 Å². The monoisotopic (exact) mass is 570 g/mol. The molecule has 3 aromatic rings. The molecule has 1 aliphatic rings. The maximum absolute atomic E-state index is 13.0. The van der Waals surface area contributed by atoms with Crippen molar-refractivity contribution in [2.75, 3.05) is 50.8 Å². The van der Waals surface area contributed by atoms with Crippen LogP contribution in [0.4, 0.5) is 5.69 Å². The van der Waals surface area contributed by atoms with E-state index in [2.05, 4.69) is 58.1 Å². The third-order valence-electron chi connectivity index (χ3n) is 6.64. The van der Waals surface area contributed by atoms with Gasteiger partial charge in [0.15, 0.2) is 0 Å². The molecule has 0 radical (unpaired) electrons. The van der Waals surface area contributed by atoms with Crippen molar-refractivity contribution in [2.24, 2.45) is 0 Å². The Morgan fingerprint density at radius 1 is 1.00 bits per heavy atom. The van der Waals surface area contributed by atoms with E-state index in [1.807, 2.05) is 30.9 Å². The van der Waals surface area contributed by atoms with Crippen molar-refractivity contribution in [1.29, 1.82) is 0 Å². The molecule has 1 amide bonds. The van der Waals surface area contributed by atoms with Crippen molar-refractivity contribution in [3.63, 3.8) is 0 Å². The van der Waals surface area contributed by atoms with Gasteiger partial charge >= 0.3 is 11.9 Å². The summed E-state index contributed by atoms with van der Waals surface area (Å²) in [7, 11) is 0. The summed E-state index contributed by atoms with van der Waals surface area (Å²) in [5, 5.41) is 15.5. The zero-order valence-corrected chi connectivity index (χ0v) is 24.1. The van der Waals surface area contributed by atoms with Gasteiger partial charge < -0.3 is 24.7 Å². The van der Waals surface area contributed by atoms with E-state index in [0.717, 1.165) is 61.6 Å². The van der Waals surface area contributed by atoms with E-state index >= 15 is 0 Å². The molecule has 1 fully saturated rings. The van der Waals surface area contributed by atoms with E-state index in [-0.39, 0.29) is 11.9 Å². The standard InChI is InChI=1S/C27H36N4O2S.C2H2O4/c1-4-26(32)31(23-11-12-24-25(19-23)34-27(28-24)33-5-2)21(3)20-30-17-15-29(16-18-30)14-13-22-9-7-6-8-10-22;3-1(4)2(5)6/h6-12,19,21H,4-5,13-18,20H2,1-3H3;(H,3,4)(H,5,6). The summed E-state index contributed by atoms with van der Waals surface area (Å²) in [4.78, 5) is 42.7. The highest BCUT2D eigenvalue weighted by atomic mass is 32.1. The highest BCUT2D eigenvalue weighted by Crippen LogP contribution is 2.32. The van der Waals surface area contributed by atoms with Crippen molar-refractivity contribution in [3.8, 4) is 5.19 Å². The average molecular weight is 571 g/mol. The van der Waals surface area contributed by atoms with Crippen LogP contribution in [0.15, 0.2) is 48.5 Å². The molecule has 11 heteroatoms. The van der Waals surface area contributed by atoms with Crippen LogP contribution < -0.4 is 9.64 Å². The lowest BCUT2D eigenvalue weighted by Crippen LogP contribution is -2.52. The van der Waals surface area contributed by atoms with E-state index in [1.165, 1.54) is 16.9 Å². The van der Waals surface area contributed by atoms with Gasteiger partial charge in [0.1, 0.15) is 0 Å². The normalized spacial score (nSPS) is 14.7. The van der Waals surface area contributed by atoms with E-state index in [4.69, 9.17) is 24.5 Å². The number of anilines is 1. The fraction of sp³-hybridized carbons (Fsp3) is 0.448. The molecule has 216 valence electrons. The molecule has 1 atom stereocenters. The predicted molar refractivity (Wildman–Crippen MR) is 156 cm³/mol. The SMILES string of the molecule is CCOc1nc2ccc(N(C(=O)CC)C(C)CN3CCN(CCc4ccccc4)CC3)cc2s1.O=C(O)C(=O)O. The first kappa shape index (κ1) is 31.0. The highest BCUT2D eigenvalue weighted by molar-refractivity contribution is 7.20. The Bertz CT molecular complexity index is 1250. The summed E-state index contributed by atoms with van der Waals surface area (Å²) in [6, 6.07) is 16.9. The maximum atomic E-state index is 13.0. The van der Waals surface area contributed by atoms with E-state index in [0.29, 0.717) is 18.2 Å². The van der Waals surface area contributed by atoms with Crippen LogP contribution in [0.3, 0.4) is 0 Å². The maximum Gasteiger partial charge on any atom is 0.414 e. The Hall–Kier alpha value is -3.54. The molecular weight excluding hydrogens is 532 g/mol. The summed E-state index contributed by atoms with van der Waals surface area (Å²) in [6.45, 7) is 12.9. The first-order valence-electron chi connectivity index (χ1n) is 13.5. The lowest BCUT2D eigenvalue weighted by molar-refractivity contribution is -0.159. The molecule has 2 N–H and O–H groups in total. The fourth-order valence-electron chi connectivity index (χ4n) is 4.62. The molecule has 0 saturated carbocycles. The van der Waals surface area contributed by atoms with Gasteiger partial charge in [0.05, 0.1) is 16.8 Å². The third-order valence-corrected chi connectivity index (χ3v) is 7.57. The zero-order valence-electron chi connectivity index (χ0n) is 23.3. The van der Waals surface area contributed by atoms with Crippen LogP contribution in [0.2, 0.25) is 0 Å². The molecule has 2 heterocycles. The first-order valence-corrected chi connectivity index (χ1v) is 14.3. The molecule has 2 aromatic carbocycles. The van der Waals surface area contributed by atoms with Crippen molar-refractivity contribution in [3.05, 3.63) is 54.1 Å². The molecule has 0 spiro atoms. The Morgan fingerprint density at radius 2 is 1.65 bits per heavy atom. The predicted octanol–water partition coefficient (Wildman–Crippen LogP) is 3.84. The number of amides is 1. The van der Waals surface area contributed by atoms with Gasteiger partial charge in [-0.1, -0.05) is 48.6 Å². The first-order chi connectivity index (χ1) is 19.2. The van der Waals surface area contributed by atoms with Crippen LogP contribution in [-0.2, 0) is 20.8 Å². The van der Waals surface area contributed by atoms with E-state index in [9.17, 15) is 4.79 Å². The fourth-order valence-corrected chi connectivity index (χ4v) is 5.53. The summed E-state index contributed by atoms with van der Waals surface area (Å²) >= 11 is 1.54. The van der Waals surface area contributed by atoms with Gasteiger partial charge in [0.2, 0.25) is 5.91 Å². The molecular formula is C29H38N4O6S. The number of carbonyl (C=O) groups excluding carboxylic acids is 1. The Kier molecular flexibility index (Phi) is 11.9. The highest BCUT2D eigenvalue weighted by Gasteiger charge is 2.25. The summed E-state index contributed by atoms with van der Waals surface area (Å²) in [6.07, 6.45) is 1.59. The molecule has 0 aliphatic carbocycles. The number of thiazole rings is 1. The molecule has 10 nitrogen and oxygen atoms in total. The van der Waals surface area contributed by atoms with Crippen LogP contribution >= 0.6 is 11.3 Å². The number of piperazine rings is 1. The number of nitrogens with zero attached hydrogens (tertiary/aromatic N) is 4. The Morgan fingerprint density at radius 3 is 2.25 bits per heavy atom. The smallest absolute Gasteiger partial charge is 0.414 e. The topological polar surface area (TPSA) is 124 Å². The van der Waals surface area contributed by atoms with Gasteiger partial charge in [0, 0.05) is 57.4 Å². The number of carbonyl (C=O) groups is 3. The van der Waals surface area contributed by atoms with Crippen molar-refractivity contribution < 1.29 is 29.3 Å². The summed E-state index contributed by atoms with van der Waals surface area (Å²) in [5.74, 6) is -3.49. The average Bonchev–Trinajstić information content (AvgIpc) is 3.35. The second-order valence-corrected chi connectivity index (χ2v) is 10.5. The molecule has 1 unspecified atom stereocenters. The number of ether oxygens (including phenoxy) is 1. The van der Waals surface area contributed by atoms with Gasteiger partial charge in [-0.3, -0.25) is 9.69 Å². The minimum atomic E-state index is -1.82. The zero-order chi connectivity index (χ0) is 29.1. The summed E-state index contributed by atoms with van der Waals surface area (Å²) < 4.78 is 6.63. The van der Waals surface area contributed by atoms with Crippen LogP contribution in [0.1, 0.15) is 32.8 Å². The number of aliphatic carboxylic acids is 2. The number of carboxylic acids is 2. The van der Waals surface area contributed by atoms with Crippen LogP contribution in [0.5, 0.6) is 5.19 Å². The minimum absolute atomic E-state index is 0.0973. The number of hydrogen-bond acceptors (Lipinski definition) is 8. The molecule has 1 aliphatic heterocycles. The number of carboxylic acid groups (broad SMARTS) is 2. The second-order valence-electron chi connectivity index (χ2n) is 9.52. The number of hydrogen-bond donors (Lipinski definition) is 2. The molecule has 1 saturated heterocycles. The van der Waals surface area contributed by atoms with Gasteiger partial charge in [-0.05, 0) is 44.0 Å². The van der Waals surface area contributed by atoms with Gasteiger partial charge in [0.25, 0.3) is 5.19 Å². The lowest BCUT2D eigenvalue weighted by atomic mass is 10.1. The van der Waals surface area contributed by atoms with E-state index in [1.54, 1.807) is 0 Å². The van der Waals surface area contributed by atoms with Crippen molar-refractivity contribution in [2.45, 2.75) is 39.7 Å². The Labute approximate surface area is 238 Å². The number of benzene rings is 2. The number of rotatable bonds is 10. The van der Waals surface area contributed by atoms with Gasteiger partial charge in [-0.15, -0.1) is 0 Å². The second kappa shape index (κ2) is 15.3. The van der Waals surface area contributed by atoms with E-state index < -0.39 is 11.9 Å². The van der Waals surface area contributed by atoms with Crippen molar-refractivity contribution >= 4 is 45.1 Å². The Balaban J connectivity index is 0.000000663. The van der Waals surface area contributed by atoms with Gasteiger partial charge in [-0.25, -0.2) is 14.6 Å². The van der Waals surface area contributed by atoms with Crippen LogP contribution in [-0.4, -0.2) is 94.8 Å². The summed E-state index contributed by atoms with van der Waals surface area (Å²) in [5.41, 5.74) is 3.26. The molecule has 40 heavy (non-hydrogen) atoms. The van der Waals surface area contributed by atoms with Crippen LogP contribution in [0.25, 0.3) is 10.2 Å². The molecule has 4 rings (SSSR count). The molecule has 1 aromatic heterocycles. The quantitative estimate of drug-likeness (QED) is 0.350.